The molecule has 2 heteroatoms. The van der Waals surface area contributed by atoms with Crippen LogP contribution in [0.1, 0.15) is 101 Å². The van der Waals surface area contributed by atoms with E-state index in [4.69, 9.17) is 4.74 Å². The number of halogens is 1. The molecule has 1 nitrogen and oxygen atoms in total. The van der Waals surface area contributed by atoms with Gasteiger partial charge in [0.1, 0.15) is 5.82 Å². The summed E-state index contributed by atoms with van der Waals surface area (Å²) in [5.74, 6) is 3.36. The first-order chi connectivity index (χ1) is 13.2. The number of ether oxygens (including phenoxy) is 1. The van der Waals surface area contributed by atoms with E-state index in [1.807, 2.05) is 6.07 Å². The Balaban J connectivity index is 1.43. The fourth-order valence-corrected chi connectivity index (χ4v) is 5.65. The molecular formula is C25H39FO. The van der Waals surface area contributed by atoms with Gasteiger partial charge in [0.15, 0.2) is 0 Å². The van der Waals surface area contributed by atoms with Crippen LogP contribution >= 0.6 is 0 Å². The monoisotopic (exact) mass is 374 g/mol. The van der Waals surface area contributed by atoms with E-state index in [-0.39, 0.29) is 5.82 Å². The summed E-state index contributed by atoms with van der Waals surface area (Å²) in [5.41, 5.74) is 1.87. The number of hydrogen-bond donors (Lipinski definition) is 0. The van der Waals surface area contributed by atoms with Gasteiger partial charge in [0.25, 0.3) is 0 Å². The molecule has 0 spiro atoms. The van der Waals surface area contributed by atoms with Gasteiger partial charge in [-0.05, 0) is 73.8 Å². The van der Waals surface area contributed by atoms with E-state index >= 15 is 0 Å². The van der Waals surface area contributed by atoms with Crippen molar-refractivity contribution in [3.63, 3.8) is 0 Å². The highest BCUT2D eigenvalue weighted by molar-refractivity contribution is 5.27. The van der Waals surface area contributed by atoms with Crippen LogP contribution in [0.2, 0.25) is 0 Å². The maximum atomic E-state index is 14.2. The normalized spacial score (nSPS) is 29.0. The Bertz CT molecular complexity index is 553. The molecule has 0 heterocycles. The topological polar surface area (TPSA) is 9.23 Å². The Hall–Kier alpha value is -0.890. The zero-order valence-corrected chi connectivity index (χ0v) is 17.5. The lowest BCUT2D eigenvalue weighted by molar-refractivity contribution is 0.155. The Morgan fingerprint density at radius 3 is 2.19 bits per heavy atom. The molecule has 2 fully saturated rings. The van der Waals surface area contributed by atoms with Crippen molar-refractivity contribution in [2.75, 3.05) is 7.11 Å². The standard InChI is InChI=1S/C25H39FO/c1-3-4-5-6-19-7-9-20(10-8-19)21-11-13-22(14-12-21)23-15-16-24(18-27-2)25(26)17-23/h15-17,19-22H,3-14,18H2,1-2H3/t19-,20-,21?,22?. The molecule has 0 unspecified atom stereocenters. The van der Waals surface area contributed by atoms with Crippen LogP contribution in [0.25, 0.3) is 0 Å². The van der Waals surface area contributed by atoms with E-state index in [9.17, 15) is 4.39 Å². The van der Waals surface area contributed by atoms with Gasteiger partial charge in [-0.3, -0.25) is 0 Å². The summed E-state index contributed by atoms with van der Waals surface area (Å²) in [6.07, 6.45) is 16.7. The van der Waals surface area contributed by atoms with Crippen molar-refractivity contribution in [3.05, 3.63) is 35.1 Å². The Kier molecular flexibility index (Phi) is 8.18. The lowest BCUT2D eigenvalue weighted by Crippen LogP contribution is -2.25. The first-order valence-electron chi connectivity index (χ1n) is 11.5. The fourth-order valence-electron chi connectivity index (χ4n) is 5.65. The molecule has 3 rings (SSSR count). The van der Waals surface area contributed by atoms with Crippen molar-refractivity contribution < 1.29 is 9.13 Å². The van der Waals surface area contributed by atoms with Crippen molar-refractivity contribution in [1.29, 1.82) is 0 Å². The second-order valence-corrected chi connectivity index (χ2v) is 9.17. The van der Waals surface area contributed by atoms with Crippen LogP contribution in [0, 0.1) is 23.6 Å². The molecule has 1 aromatic rings. The van der Waals surface area contributed by atoms with Gasteiger partial charge in [0, 0.05) is 12.7 Å². The first kappa shape index (κ1) is 20.8. The average molecular weight is 375 g/mol. The molecule has 0 atom stereocenters. The third-order valence-electron chi connectivity index (χ3n) is 7.39. The van der Waals surface area contributed by atoms with Crippen LogP contribution in [0.3, 0.4) is 0 Å². The molecule has 0 amide bonds. The minimum absolute atomic E-state index is 0.0992. The summed E-state index contributed by atoms with van der Waals surface area (Å²) >= 11 is 0. The SMILES string of the molecule is CCCCC[C@H]1CC[C@H](C2CCC(c3ccc(COC)c(F)c3)CC2)CC1. The maximum Gasteiger partial charge on any atom is 0.129 e. The molecule has 0 radical (unpaired) electrons. The van der Waals surface area contributed by atoms with Gasteiger partial charge in [-0.2, -0.15) is 0 Å². The summed E-state index contributed by atoms with van der Waals surface area (Å²) in [4.78, 5) is 0. The molecule has 0 N–H and O–H groups in total. The highest BCUT2D eigenvalue weighted by atomic mass is 19.1. The number of benzene rings is 1. The Morgan fingerprint density at radius 2 is 1.59 bits per heavy atom. The third-order valence-corrected chi connectivity index (χ3v) is 7.39. The first-order valence-corrected chi connectivity index (χ1v) is 11.5. The quantitative estimate of drug-likeness (QED) is 0.425. The van der Waals surface area contributed by atoms with Crippen molar-refractivity contribution in [2.45, 2.75) is 96.5 Å². The van der Waals surface area contributed by atoms with Crippen LogP contribution in [0.5, 0.6) is 0 Å². The van der Waals surface area contributed by atoms with Crippen LogP contribution in [0.4, 0.5) is 4.39 Å². The molecule has 0 saturated heterocycles. The van der Waals surface area contributed by atoms with E-state index < -0.39 is 0 Å². The number of unbranched alkanes of at least 4 members (excludes halogenated alkanes) is 2. The molecule has 0 aliphatic heterocycles. The summed E-state index contributed by atoms with van der Waals surface area (Å²) in [7, 11) is 1.62. The molecule has 2 saturated carbocycles. The van der Waals surface area contributed by atoms with E-state index in [0.717, 1.165) is 17.8 Å². The second kappa shape index (κ2) is 10.6. The van der Waals surface area contributed by atoms with Crippen molar-refractivity contribution in [3.8, 4) is 0 Å². The van der Waals surface area contributed by atoms with Crippen LogP contribution in [-0.4, -0.2) is 7.11 Å². The van der Waals surface area contributed by atoms with Gasteiger partial charge >= 0.3 is 0 Å². The molecular weight excluding hydrogens is 335 g/mol. The van der Waals surface area contributed by atoms with E-state index in [1.54, 1.807) is 13.2 Å². The van der Waals surface area contributed by atoms with Crippen LogP contribution in [-0.2, 0) is 11.3 Å². The zero-order valence-electron chi connectivity index (χ0n) is 17.5. The lowest BCUT2D eigenvalue weighted by Gasteiger charge is -2.38. The Morgan fingerprint density at radius 1 is 0.926 bits per heavy atom. The van der Waals surface area contributed by atoms with Gasteiger partial charge in [0.2, 0.25) is 0 Å². The molecule has 152 valence electrons. The van der Waals surface area contributed by atoms with Crippen LogP contribution < -0.4 is 0 Å². The molecule has 2 aliphatic rings. The fraction of sp³-hybridized carbons (Fsp3) is 0.760. The summed E-state index contributed by atoms with van der Waals surface area (Å²) in [6.45, 7) is 2.66. The maximum absolute atomic E-state index is 14.2. The summed E-state index contributed by atoms with van der Waals surface area (Å²) in [5, 5.41) is 0. The number of methoxy groups -OCH3 is 1. The van der Waals surface area contributed by atoms with Gasteiger partial charge in [-0.15, -0.1) is 0 Å². The minimum atomic E-state index is -0.0992. The highest BCUT2D eigenvalue weighted by Crippen LogP contribution is 2.44. The zero-order chi connectivity index (χ0) is 19.1. The van der Waals surface area contributed by atoms with Crippen molar-refractivity contribution in [2.24, 2.45) is 17.8 Å². The van der Waals surface area contributed by atoms with E-state index in [2.05, 4.69) is 13.0 Å². The van der Waals surface area contributed by atoms with Gasteiger partial charge in [-0.1, -0.05) is 57.6 Å². The predicted molar refractivity (Wildman–Crippen MR) is 111 cm³/mol. The molecule has 27 heavy (non-hydrogen) atoms. The van der Waals surface area contributed by atoms with E-state index in [1.165, 1.54) is 82.6 Å². The lowest BCUT2D eigenvalue weighted by atomic mass is 9.68. The molecule has 0 aromatic heterocycles. The van der Waals surface area contributed by atoms with E-state index in [0.29, 0.717) is 18.1 Å². The predicted octanol–water partition coefficient (Wildman–Crippen LogP) is 7.63. The average Bonchev–Trinajstić information content (AvgIpc) is 2.71. The Labute approximate surface area is 166 Å². The second-order valence-electron chi connectivity index (χ2n) is 9.17. The molecule has 0 bridgehead atoms. The highest BCUT2D eigenvalue weighted by Gasteiger charge is 2.31. The minimum Gasteiger partial charge on any atom is -0.380 e. The smallest absolute Gasteiger partial charge is 0.129 e. The van der Waals surface area contributed by atoms with Gasteiger partial charge in [-0.25, -0.2) is 4.39 Å². The van der Waals surface area contributed by atoms with Crippen molar-refractivity contribution >= 4 is 0 Å². The largest absolute Gasteiger partial charge is 0.380 e. The third kappa shape index (κ3) is 5.79. The van der Waals surface area contributed by atoms with Gasteiger partial charge in [0.05, 0.1) is 6.61 Å². The number of hydrogen-bond acceptors (Lipinski definition) is 1. The van der Waals surface area contributed by atoms with Gasteiger partial charge < -0.3 is 4.74 Å². The summed E-state index contributed by atoms with van der Waals surface area (Å²) < 4.78 is 19.3. The van der Waals surface area contributed by atoms with Crippen molar-refractivity contribution in [1.82, 2.24) is 0 Å². The molecule has 1 aromatic carbocycles. The summed E-state index contributed by atoms with van der Waals surface area (Å²) in [6, 6.07) is 5.81. The molecule has 2 aliphatic carbocycles. The number of rotatable bonds is 8. The van der Waals surface area contributed by atoms with Crippen LogP contribution in [0.15, 0.2) is 18.2 Å².